The van der Waals surface area contributed by atoms with Gasteiger partial charge in [-0.05, 0) is 26.0 Å². The molecule has 23 heavy (non-hydrogen) atoms. The molecule has 0 aromatic heterocycles. The number of rotatable bonds is 6. The van der Waals surface area contributed by atoms with Crippen molar-refractivity contribution in [2.45, 2.75) is 18.9 Å². The Morgan fingerprint density at radius 3 is 2.91 bits per heavy atom. The summed E-state index contributed by atoms with van der Waals surface area (Å²) in [4.78, 5) is 23.6. The molecule has 1 amide bonds. The second-order valence-electron chi connectivity index (χ2n) is 5.10. The van der Waals surface area contributed by atoms with Gasteiger partial charge in [0.25, 0.3) is 5.91 Å². The van der Waals surface area contributed by atoms with E-state index in [1.165, 1.54) is 6.07 Å². The van der Waals surface area contributed by atoms with Crippen molar-refractivity contribution in [1.82, 2.24) is 10.2 Å². The average Bonchev–Trinajstić information content (AvgIpc) is 2.93. The van der Waals surface area contributed by atoms with Crippen LogP contribution in [0.3, 0.4) is 0 Å². The Balaban J connectivity index is 0.00000264. The highest BCUT2D eigenvalue weighted by Gasteiger charge is 2.28. The third-order valence-corrected chi connectivity index (χ3v) is 3.62. The molecule has 7 nitrogen and oxygen atoms in total. The summed E-state index contributed by atoms with van der Waals surface area (Å²) in [7, 11) is 1.83. The maximum absolute atomic E-state index is 13.5. The van der Waals surface area contributed by atoms with Gasteiger partial charge in [0.2, 0.25) is 5.82 Å². The summed E-state index contributed by atoms with van der Waals surface area (Å²) in [6, 6.07) is 3.37. The minimum atomic E-state index is -0.982. The zero-order valence-corrected chi connectivity index (χ0v) is 13.5. The minimum absolute atomic E-state index is 0. The number of likely N-dealkylation sites (tertiary alicyclic amines) is 1. The zero-order chi connectivity index (χ0) is 16.1. The number of hydrogen-bond acceptors (Lipinski definition) is 5. The highest BCUT2D eigenvalue weighted by molar-refractivity contribution is 5.85. The van der Waals surface area contributed by atoms with Gasteiger partial charge in [-0.2, -0.15) is 4.39 Å². The van der Waals surface area contributed by atoms with Crippen LogP contribution in [0.2, 0.25) is 0 Å². The van der Waals surface area contributed by atoms with Crippen molar-refractivity contribution in [3.8, 4) is 5.75 Å². The SMILES string of the molecule is CNCC1CCCN1C(=O)COc1ccc([N+](=O)[O-])c(F)c1.Cl. The third kappa shape index (κ3) is 4.77. The maximum Gasteiger partial charge on any atom is 0.305 e. The molecule has 0 bridgehead atoms. The van der Waals surface area contributed by atoms with Crippen LogP contribution in [0.15, 0.2) is 18.2 Å². The number of nitrogens with zero attached hydrogens (tertiary/aromatic N) is 2. The summed E-state index contributed by atoms with van der Waals surface area (Å²) >= 11 is 0. The van der Waals surface area contributed by atoms with Gasteiger partial charge in [0, 0.05) is 31.3 Å². The van der Waals surface area contributed by atoms with Crippen LogP contribution in [0.1, 0.15) is 12.8 Å². The van der Waals surface area contributed by atoms with Crippen LogP contribution in [0.5, 0.6) is 5.75 Å². The van der Waals surface area contributed by atoms with E-state index in [4.69, 9.17) is 4.74 Å². The summed E-state index contributed by atoms with van der Waals surface area (Å²) < 4.78 is 18.7. The molecule has 1 unspecified atom stereocenters. The second-order valence-corrected chi connectivity index (χ2v) is 5.10. The van der Waals surface area contributed by atoms with Gasteiger partial charge in [0.1, 0.15) is 5.75 Å². The fourth-order valence-corrected chi connectivity index (χ4v) is 2.57. The van der Waals surface area contributed by atoms with Crippen molar-refractivity contribution in [1.29, 1.82) is 0 Å². The van der Waals surface area contributed by atoms with Crippen molar-refractivity contribution in [3.63, 3.8) is 0 Å². The van der Waals surface area contributed by atoms with E-state index >= 15 is 0 Å². The molecule has 1 saturated heterocycles. The van der Waals surface area contributed by atoms with E-state index < -0.39 is 16.4 Å². The molecular weight excluding hydrogens is 329 g/mol. The molecule has 1 heterocycles. The van der Waals surface area contributed by atoms with E-state index in [1.807, 2.05) is 7.05 Å². The smallest absolute Gasteiger partial charge is 0.305 e. The monoisotopic (exact) mass is 347 g/mol. The predicted octanol–water partition coefficient (Wildman–Crippen LogP) is 1.74. The van der Waals surface area contributed by atoms with E-state index in [9.17, 15) is 19.3 Å². The number of halogens is 2. The summed E-state index contributed by atoms with van der Waals surface area (Å²) in [6.45, 7) is 1.19. The molecule has 1 aromatic carbocycles. The number of amides is 1. The number of benzene rings is 1. The van der Waals surface area contributed by atoms with E-state index in [2.05, 4.69) is 5.32 Å². The third-order valence-electron chi connectivity index (χ3n) is 3.62. The first-order valence-electron chi connectivity index (χ1n) is 7.03. The molecule has 1 aliphatic rings. The summed E-state index contributed by atoms with van der Waals surface area (Å²) in [6.07, 6.45) is 1.89. The molecule has 1 fully saturated rings. The number of ether oxygens (including phenoxy) is 1. The Kier molecular flexibility index (Phi) is 7.18. The molecule has 2 rings (SSSR count). The molecule has 0 radical (unpaired) electrons. The van der Waals surface area contributed by atoms with Crippen LogP contribution in [-0.2, 0) is 4.79 Å². The lowest BCUT2D eigenvalue weighted by Gasteiger charge is -2.24. The van der Waals surface area contributed by atoms with Crippen LogP contribution in [0, 0.1) is 15.9 Å². The van der Waals surface area contributed by atoms with Crippen LogP contribution >= 0.6 is 12.4 Å². The van der Waals surface area contributed by atoms with Gasteiger partial charge in [-0.3, -0.25) is 14.9 Å². The first-order valence-corrected chi connectivity index (χ1v) is 7.03. The number of carbonyl (C=O) groups excluding carboxylic acids is 1. The van der Waals surface area contributed by atoms with Crippen molar-refractivity contribution in [2.24, 2.45) is 0 Å². The number of nitrogens with one attached hydrogen (secondary N) is 1. The van der Waals surface area contributed by atoms with Gasteiger partial charge < -0.3 is 15.0 Å². The Hall–Kier alpha value is -1.93. The molecule has 1 N–H and O–H groups in total. The van der Waals surface area contributed by atoms with Crippen LogP contribution < -0.4 is 10.1 Å². The number of nitro groups is 1. The Morgan fingerprint density at radius 1 is 1.57 bits per heavy atom. The molecule has 0 spiro atoms. The molecule has 0 saturated carbocycles. The Labute approximate surface area is 139 Å². The molecule has 9 heteroatoms. The molecule has 0 aliphatic carbocycles. The quantitative estimate of drug-likeness (QED) is 0.626. The number of carbonyl (C=O) groups is 1. The first kappa shape index (κ1) is 19.1. The lowest BCUT2D eigenvalue weighted by Crippen LogP contribution is -2.43. The first-order chi connectivity index (χ1) is 10.5. The minimum Gasteiger partial charge on any atom is -0.484 e. The van der Waals surface area contributed by atoms with Crippen LogP contribution in [-0.4, -0.2) is 48.5 Å². The molecule has 1 aliphatic heterocycles. The highest BCUT2D eigenvalue weighted by atomic mass is 35.5. The van der Waals surface area contributed by atoms with Gasteiger partial charge in [0.05, 0.1) is 4.92 Å². The second kappa shape index (κ2) is 8.64. The molecule has 1 aromatic rings. The molecule has 128 valence electrons. The van der Waals surface area contributed by atoms with Gasteiger partial charge in [-0.1, -0.05) is 0 Å². The topological polar surface area (TPSA) is 84.7 Å². The number of hydrogen-bond donors (Lipinski definition) is 1. The fraction of sp³-hybridized carbons (Fsp3) is 0.500. The Morgan fingerprint density at radius 2 is 2.30 bits per heavy atom. The fourth-order valence-electron chi connectivity index (χ4n) is 2.57. The zero-order valence-electron chi connectivity index (χ0n) is 12.7. The normalized spacial score (nSPS) is 16.8. The van der Waals surface area contributed by atoms with E-state index in [0.717, 1.165) is 31.5 Å². The van der Waals surface area contributed by atoms with Crippen molar-refractivity contribution in [3.05, 3.63) is 34.1 Å². The van der Waals surface area contributed by atoms with E-state index in [-0.39, 0.29) is 36.7 Å². The summed E-state index contributed by atoms with van der Waals surface area (Å²) in [5.74, 6) is -1.05. The highest BCUT2D eigenvalue weighted by Crippen LogP contribution is 2.23. The maximum atomic E-state index is 13.5. The standard InChI is InChI=1S/C14H18FN3O4.ClH/c1-16-8-10-3-2-6-17(10)14(19)9-22-11-4-5-13(18(20)21)12(15)7-11;/h4-5,7,10,16H,2-3,6,8-9H2,1H3;1H. The van der Waals surface area contributed by atoms with Gasteiger partial charge >= 0.3 is 5.69 Å². The van der Waals surface area contributed by atoms with Crippen LogP contribution in [0.4, 0.5) is 10.1 Å². The lowest BCUT2D eigenvalue weighted by atomic mass is 10.2. The lowest BCUT2D eigenvalue weighted by molar-refractivity contribution is -0.387. The van der Waals surface area contributed by atoms with Gasteiger partial charge in [-0.25, -0.2) is 0 Å². The van der Waals surface area contributed by atoms with Crippen molar-refractivity contribution < 1.29 is 18.8 Å². The van der Waals surface area contributed by atoms with Crippen LogP contribution in [0.25, 0.3) is 0 Å². The molecule has 1 atom stereocenters. The Bertz CT molecular complexity index is 573. The van der Waals surface area contributed by atoms with Gasteiger partial charge in [0.15, 0.2) is 6.61 Å². The van der Waals surface area contributed by atoms with E-state index in [0.29, 0.717) is 6.54 Å². The average molecular weight is 348 g/mol. The largest absolute Gasteiger partial charge is 0.484 e. The van der Waals surface area contributed by atoms with Crippen molar-refractivity contribution in [2.75, 3.05) is 26.7 Å². The van der Waals surface area contributed by atoms with E-state index in [1.54, 1.807) is 4.90 Å². The molecular formula is C14H19ClFN3O4. The van der Waals surface area contributed by atoms with Gasteiger partial charge in [-0.15, -0.1) is 12.4 Å². The van der Waals surface area contributed by atoms with Crippen molar-refractivity contribution >= 4 is 24.0 Å². The summed E-state index contributed by atoms with van der Waals surface area (Å²) in [5, 5.41) is 13.6. The summed E-state index contributed by atoms with van der Waals surface area (Å²) in [5.41, 5.74) is -0.618. The number of likely N-dealkylation sites (N-methyl/N-ethyl adjacent to an activating group) is 1. The predicted molar refractivity (Wildman–Crippen MR) is 84.5 cm³/mol. The number of nitro benzene ring substituents is 1.